The Morgan fingerprint density at radius 3 is 2.32 bits per heavy atom. The molecule has 2 aromatic carbocycles. The van der Waals surface area contributed by atoms with Crippen LogP contribution in [0, 0.1) is 0 Å². The fourth-order valence-electron chi connectivity index (χ4n) is 3.16. The first-order chi connectivity index (χ1) is 12.1. The highest BCUT2D eigenvalue weighted by atomic mass is 16.5. The Kier molecular flexibility index (Phi) is 5.14. The molecule has 2 aromatic rings. The van der Waals surface area contributed by atoms with Crippen LogP contribution in [0.1, 0.15) is 34.1 Å². The highest BCUT2D eigenvalue weighted by Crippen LogP contribution is 2.28. The number of aromatic carboxylic acids is 1. The van der Waals surface area contributed by atoms with Crippen molar-refractivity contribution in [3.8, 4) is 11.1 Å². The van der Waals surface area contributed by atoms with Gasteiger partial charge in [0.1, 0.15) is 0 Å². The maximum atomic E-state index is 13.1. The van der Waals surface area contributed by atoms with Crippen LogP contribution in [0.5, 0.6) is 0 Å². The van der Waals surface area contributed by atoms with Gasteiger partial charge in [0.2, 0.25) is 0 Å². The van der Waals surface area contributed by atoms with Gasteiger partial charge in [0.25, 0.3) is 5.91 Å². The molecule has 0 spiro atoms. The van der Waals surface area contributed by atoms with Crippen molar-refractivity contribution in [3.05, 3.63) is 59.7 Å². The van der Waals surface area contributed by atoms with Gasteiger partial charge in [-0.25, -0.2) is 4.79 Å². The van der Waals surface area contributed by atoms with Crippen molar-refractivity contribution in [1.82, 2.24) is 4.90 Å². The van der Waals surface area contributed by atoms with Crippen molar-refractivity contribution in [3.63, 3.8) is 0 Å². The lowest BCUT2D eigenvalue weighted by Crippen LogP contribution is -2.36. The van der Waals surface area contributed by atoms with Gasteiger partial charge in [0, 0.05) is 25.3 Å². The van der Waals surface area contributed by atoms with Gasteiger partial charge in [-0.15, -0.1) is 0 Å². The highest BCUT2D eigenvalue weighted by molar-refractivity contribution is 6.04. The smallest absolute Gasteiger partial charge is 0.336 e. The van der Waals surface area contributed by atoms with E-state index in [1.165, 1.54) is 0 Å². The fourth-order valence-corrected chi connectivity index (χ4v) is 3.16. The second-order valence-electron chi connectivity index (χ2n) is 6.18. The van der Waals surface area contributed by atoms with Gasteiger partial charge in [0.05, 0.1) is 11.7 Å². The molecule has 3 rings (SSSR count). The predicted octanol–water partition coefficient (Wildman–Crippen LogP) is 3.30. The molecule has 0 saturated carbocycles. The molecule has 5 nitrogen and oxygen atoms in total. The Hall–Kier alpha value is -2.66. The van der Waals surface area contributed by atoms with E-state index in [0.29, 0.717) is 36.4 Å². The average Bonchev–Trinajstić information content (AvgIpc) is 2.85. The third-order valence-corrected chi connectivity index (χ3v) is 4.34. The Balaban J connectivity index is 2.02. The van der Waals surface area contributed by atoms with Gasteiger partial charge >= 0.3 is 5.97 Å². The number of hydrogen-bond donors (Lipinski definition) is 1. The van der Waals surface area contributed by atoms with Crippen molar-refractivity contribution in [2.45, 2.75) is 19.4 Å². The first-order valence-electron chi connectivity index (χ1n) is 8.40. The second-order valence-corrected chi connectivity index (χ2v) is 6.18. The summed E-state index contributed by atoms with van der Waals surface area (Å²) in [4.78, 5) is 26.4. The first-order valence-corrected chi connectivity index (χ1v) is 8.40. The average molecular weight is 339 g/mol. The minimum atomic E-state index is -1.00. The molecule has 1 atom stereocenters. The molecule has 130 valence electrons. The molecule has 25 heavy (non-hydrogen) atoms. The molecule has 1 aliphatic rings. The van der Waals surface area contributed by atoms with E-state index in [-0.39, 0.29) is 17.6 Å². The van der Waals surface area contributed by atoms with Crippen LogP contribution in [0.3, 0.4) is 0 Å². The number of nitrogens with zero attached hydrogens (tertiary/aromatic N) is 1. The van der Waals surface area contributed by atoms with E-state index in [1.54, 1.807) is 47.4 Å². The summed E-state index contributed by atoms with van der Waals surface area (Å²) in [5, 5.41) is 9.47. The monoisotopic (exact) mass is 339 g/mol. The number of rotatable bonds is 3. The summed E-state index contributed by atoms with van der Waals surface area (Å²) < 4.78 is 5.61. The molecule has 0 unspecified atom stereocenters. The molecule has 0 aliphatic carbocycles. The Morgan fingerprint density at radius 1 is 1.04 bits per heavy atom. The van der Waals surface area contributed by atoms with E-state index in [2.05, 4.69) is 0 Å². The molecule has 1 saturated heterocycles. The topological polar surface area (TPSA) is 66.8 Å². The van der Waals surface area contributed by atoms with Crippen molar-refractivity contribution in [1.29, 1.82) is 0 Å². The third-order valence-electron chi connectivity index (χ3n) is 4.34. The zero-order valence-corrected chi connectivity index (χ0v) is 14.1. The number of carboxylic acid groups (broad SMARTS) is 1. The standard InChI is InChI=1S/C20H21NO4/c1-14-13-21(11-6-12-25-14)19(22)17-9-4-2-7-15(17)16-8-3-5-10-18(16)20(23)24/h2-5,7-10,14H,6,11-13H2,1H3,(H,23,24)/t14-/m1/s1. The molecular weight excluding hydrogens is 318 g/mol. The normalized spacial score (nSPS) is 17.8. The lowest BCUT2D eigenvalue weighted by molar-refractivity contribution is 0.0563. The van der Waals surface area contributed by atoms with Crippen molar-refractivity contribution in [2.75, 3.05) is 19.7 Å². The number of carbonyl (C=O) groups is 2. The fraction of sp³-hybridized carbons (Fsp3) is 0.300. The van der Waals surface area contributed by atoms with Crippen LogP contribution in [0.25, 0.3) is 11.1 Å². The van der Waals surface area contributed by atoms with Crippen LogP contribution in [-0.2, 0) is 4.74 Å². The van der Waals surface area contributed by atoms with E-state index in [1.807, 2.05) is 13.0 Å². The van der Waals surface area contributed by atoms with Crippen LogP contribution >= 0.6 is 0 Å². The van der Waals surface area contributed by atoms with Crippen LogP contribution in [0.15, 0.2) is 48.5 Å². The van der Waals surface area contributed by atoms with Crippen molar-refractivity contribution in [2.24, 2.45) is 0 Å². The van der Waals surface area contributed by atoms with Gasteiger partial charge in [-0.1, -0.05) is 36.4 Å². The predicted molar refractivity (Wildman–Crippen MR) is 94.8 cm³/mol. The molecule has 0 radical (unpaired) electrons. The molecular formula is C20H21NO4. The lowest BCUT2D eigenvalue weighted by atomic mass is 9.94. The van der Waals surface area contributed by atoms with Gasteiger partial charge in [0.15, 0.2) is 0 Å². The quantitative estimate of drug-likeness (QED) is 0.932. The molecule has 1 fully saturated rings. The molecule has 5 heteroatoms. The molecule has 1 amide bonds. The summed E-state index contributed by atoms with van der Waals surface area (Å²) >= 11 is 0. The van der Waals surface area contributed by atoms with E-state index in [9.17, 15) is 14.7 Å². The van der Waals surface area contributed by atoms with Gasteiger partial charge in [-0.05, 0) is 36.6 Å². The second kappa shape index (κ2) is 7.49. The van der Waals surface area contributed by atoms with Crippen LogP contribution < -0.4 is 0 Å². The van der Waals surface area contributed by atoms with Gasteiger partial charge in [-0.2, -0.15) is 0 Å². The van der Waals surface area contributed by atoms with E-state index < -0.39 is 5.97 Å². The molecule has 1 heterocycles. The summed E-state index contributed by atoms with van der Waals surface area (Å²) in [6, 6.07) is 13.9. The number of ether oxygens (including phenoxy) is 1. The summed E-state index contributed by atoms with van der Waals surface area (Å²) in [6.07, 6.45) is 0.786. The SMILES string of the molecule is C[C@@H]1CN(C(=O)c2ccccc2-c2ccccc2C(=O)O)CCCO1. The Labute approximate surface area is 146 Å². The number of carbonyl (C=O) groups excluding carboxylic acids is 1. The van der Waals surface area contributed by atoms with Gasteiger partial charge in [-0.3, -0.25) is 4.79 Å². The van der Waals surface area contributed by atoms with Crippen LogP contribution in [0.2, 0.25) is 0 Å². The zero-order chi connectivity index (χ0) is 17.8. The summed E-state index contributed by atoms with van der Waals surface area (Å²) in [7, 11) is 0. The van der Waals surface area contributed by atoms with Gasteiger partial charge < -0.3 is 14.7 Å². The zero-order valence-electron chi connectivity index (χ0n) is 14.1. The molecule has 1 aliphatic heterocycles. The summed E-state index contributed by atoms with van der Waals surface area (Å²) in [5.41, 5.74) is 1.90. The van der Waals surface area contributed by atoms with E-state index in [0.717, 1.165) is 6.42 Å². The largest absolute Gasteiger partial charge is 0.478 e. The molecule has 1 N–H and O–H groups in total. The van der Waals surface area contributed by atoms with Crippen LogP contribution in [0.4, 0.5) is 0 Å². The number of carboxylic acids is 1. The van der Waals surface area contributed by atoms with Crippen LogP contribution in [-0.4, -0.2) is 47.7 Å². The number of amides is 1. The van der Waals surface area contributed by atoms with Crippen molar-refractivity contribution >= 4 is 11.9 Å². The van der Waals surface area contributed by atoms with E-state index in [4.69, 9.17) is 4.74 Å². The Bertz CT molecular complexity index is 787. The molecule has 0 aromatic heterocycles. The Morgan fingerprint density at radius 2 is 1.64 bits per heavy atom. The summed E-state index contributed by atoms with van der Waals surface area (Å²) in [5.74, 6) is -1.09. The van der Waals surface area contributed by atoms with E-state index >= 15 is 0 Å². The first kappa shape index (κ1) is 17.2. The summed E-state index contributed by atoms with van der Waals surface area (Å²) in [6.45, 7) is 3.78. The minimum Gasteiger partial charge on any atom is -0.478 e. The minimum absolute atomic E-state index is 0.00934. The maximum absolute atomic E-state index is 13.1. The molecule has 0 bridgehead atoms. The lowest BCUT2D eigenvalue weighted by Gasteiger charge is -2.23. The highest BCUT2D eigenvalue weighted by Gasteiger charge is 2.24. The maximum Gasteiger partial charge on any atom is 0.336 e. The van der Waals surface area contributed by atoms with Crippen molar-refractivity contribution < 1.29 is 19.4 Å². The third kappa shape index (κ3) is 3.72. The number of benzene rings is 2. The number of hydrogen-bond acceptors (Lipinski definition) is 3.